The van der Waals surface area contributed by atoms with Crippen molar-refractivity contribution in [1.82, 2.24) is 19.9 Å². The fourth-order valence-corrected chi connectivity index (χ4v) is 2.92. The molecule has 0 amide bonds. The maximum Gasteiger partial charge on any atom is 0.221 e. The summed E-state index contributed by atoms with van der Waals surface area (Å²) in [4.78, 5) is 17.7. The number of benzene rings is 1. The van der Waals surface area contributed by atoms with Crippen LogP contribution in [0.2, 0.25) is 0 Å². The highest BCUT2D eigenvalue weighted by Gasteiger charge is 2.18. The van der Waals surface area contributed by atoms with Crippen LogP contribution in [-0.4, -0.2) is 19.9 Å². The van der Waals surface area contributed by atoms with Crippen molar-refractivity contribution >= 4 is 5.95 Å². The molecule has 3 heterocycles. The van der Waals surface area contributed by atoms with Gasteiger partial charge in [0.1, 0.15) is 0 Å². The molecule has 0 saturated carbocycles. The average Bonchev–Trinajstić information content (AvgIpc) is 2.71. The van der Waals surface area contributed by atoms with Gasteiger partial charge in [-0.15, -0.1) is 0 Å². The number of nitrogen functional groups attached to an aromatic ring is 1. The molecule has 26 heavy (non-hydrogen) atoms. The van der Waals surface area contributed by atoms with E-state index in [2.05, 4.69) is 32.1 Å². The molecule has 0 bridgehead atoms. The Morgan fingerprint density at radius 2 is 1.58 bits per heavy atom. The van der Waals surface area contributed by atoms with E-state index in [1.165, 1.54) is 5.56 Å². The second-order valence-electron chi connectivity index (χ2n) is 5.88. The summed E-state index contributed by atoms with van der Waals surface area (Å²) in [5, 5.41) is 0. The third kappa shape index (κ3) is 3.28. The highest BCUT2D eigenvalue weighted by Crippen LogP contribution is 2.31. The molecule has 0 aliphatic carbocycles. The molecule has 0 fully saturated rings. The molecule has 0 atom stereocenters. The lowest BCUT2D eigenvalue weighted by atomic mass is 9.97. The summed E-state index contributed by atoms with van der Waals surface area (Å²) in [5.41, 5.74) is 11.4. The average molecular weight is 339 g/mol. The summed E-state index contributed by atoms with van der Waals surface area (Å²) < 4.78 is 0. The minimum atomic E-state index is 0.223. The van der Waals surface area contributed by atoms with Crippen LogP contribution in [0.4, 0.5) is 5.95 Å². The standard InChI is InChI=1S/C21H17N5/c22-21-25-19(16-9-6-11-23-14-16)17(13-15-7-2-1-3-8-15)20(26-21)18-10-4-5-12-24-18/h1-12,14H,13H2,(H2,22,25,26). The fraction of sp³-hybridized carbons (Fsp3) is 0.0476. The van der Waals surface area contributed by atoms with Gasteiger partial charge in [0.2, 0.25) is 5.95 Å². The van der Waals surface area contributed by atoms with Crippen molar-refractivity contribution in [2.75, 3.05) is 5.73 Å². The molecule has 0 unspecified atom stereocenters. The lowest BCUT2D eigenvalue weighted by Crippen LogP contribution is -2.06. The molecular weight excluding hydrogens is 322 g/mol. The maximum absolute atomic E-state index is 6.03. The topological polar surface area (TPSA) is 77.6 Å². The van der Waals surface area contributed by atoms with Crippen LogP contribution in [0.3, 0.4) is 0 Å². The normalized spacial score (nSPS) is 10.6. The first-order chi connectivity index (χ1) is 12.8. The van der Waals surface area contributed by atoms with Crippen LogP contribution in [-0.2, 0) is 6.42 Å². The van der Waals surface area contributed by atoms with E-state index in [9.17, 15) is 0 Å². The largest absolute Gasteiger partial charge is 0.368 e. The predicted molar refractivity (Wildman–Crippen MR) is 102 cm³/mol. The van der Waals surface area contributed by atoms with Gasteiger partial charge in [-0.25, -0.2) is 9.97 Å². The second kappa shape index (κ2) is 7.11. The van der Waals surface area contributed by atoms with Gasteiger partial charge in [0, 0.05) is 36.1 Å². The van der Waals surface area contributed by atoms with Crippen LogP contribution < -0.4 is 5.73 Å². The number of hydrogen-bond donors (Lipinski definition) is 1. The van der Waals surface area contributed by atoms with E-state index < -0.39 is 0 Å². The van der Waals surface area contributed by atoms with Crippen LogP contribution in [0, 0.1) is 0 Å². The van der Waals surface area contributed by atoms with Gasteiger partial charge in [-0.1, -0.05) is 36.4 Å². The van der Waals surface area contributed by atoms with Crippen molar-refractivity contribution in [2.45, 2.75) is 6.42 Å². The third-order valence-corrected chi connectivity index (χ3v) is 4.09. The molecule has 126 valence electrons. The van der Waals surface area contributed by atoms with Gasteiger partial charge >= 0.3 is 0 Å². The van der Waals surface area contributed by atoms with Crippen molar-refractivity contribution in [3.63, 3.8) is 0 Å². The zero-order valence-corrected chi connectivity index (χ0v) is 14.1. The first kappa shape index (κ1) is 15.9. The molecular formula is C21H17N5. The van der Waals surface area contributed by atoms with E-state index in [1.54, 1.807) is 18.6 Å². The van der Waals surface area contributed by atoms with E-state index in [4.69, 9.17) is 5.73 Å². The van der Waals surface area contributed by atoms with Crippen LogP contribution in [0.1, 0.15) is 11.1 Å². The zero-order chi connectivity index (χ0) is 17.8. The quantitative estimate of drug-likeness (QED) is 0.612. The van der Waals surface area contributed by atoms with Crippen LogP contribution in [0.5, 0.6) is 0 Å². The van der Waals surface area contributed by atoms with Gasteiger partial charge < -0.3 is 5.73 Å². The van der Waals surface area contributed by atoms with Crippen molar-refractivity contribution in [3.8, 4) is 22.6 Å². The highest BCUT2D eigenvalue weighted by atomic mass is 15.0. The fourth-order valence-electron chi connectivity index (χ4n) is 2.92. The Labute approximate surface area is 151 Å². The lowest BCUT2D eigenvalue weighted by molar-refractivity contribution is 1.08. The number of nitrogens with zero attached hydrogens (tertiary/aromatic N) is 4. The molecule has 0 saturated heterocycles. The summed E-state index contributed by atoms with van der Waals surface area (Å²) in [7, 11) is 0. The number of nitrogens with two attached hydrogens (primary N) is 1. The van der Waals surface area contributed by atoms with Crippen LogP contribution in [0.15, 0.2) is 79.3 Å². The van der Waals surface area contributed by atoms with Crippen molar-refractivity contribution < 1.29 is 0 Å². The first-order valence-electron chi connectivity index (χ1n) is 8.33. The Kier molecular flexibility index (Phi) is 4.35. The van der Waals surface area contributed by atoms with Crippen LogP contribution >= 0.6 is 0 Å². The highest BCUT2D eigenvalue weighted by molar-refractivity contribution is 5.73. The number of anilines is 1. The lowest BCUT2D eigenvalue weighted by Gasteiger charge is -2.14. The van der Waals surface area contributed by atoms with Crippen molar-refractivity contribution in [1.29, 1.82) is 0 Å². The molecule has 3 aromatic heterocycles. The molecule has 0 aliphatic rings. The first-order valence-corrected chi connectivity index (χ1v) is 8.33. The Morgan fingerprint density at radius 1 is 0.769 bits per heavy atom. The molecule has 4 rings (SSSR count). The number of hydrogen-bond acceptors (Lipinski definition) is 5. The minimum absolute atomic E-state index is 0.223. The van der Waals surface area contributed by atoms with Gasteiger partial charge in [-0.05, 0) is 29.8 Å². The SMILES string of the molecule is Nc1nc(-c2cccnc2)c(Cc2ccccc2)c(-c2ccccn2)n1. The van der Waals surface area contributed by atoms with E-state index in [1.807, 2.05) is 48.5 Å². The number of aromatic nitrogens is 4. The maximum atomic E-state index is 6.03. The molecule has 2 N–H and O–H groups in total. The Balaban J connectivity index is 1.95. The summed E-state index contributed by atoms with van der Waals surface area (Å²) in [6.07, 6.45) is 5.96. The molecule has 5 heteroatoms. The number of pyridine rings is 2. The summed E-state index contributed by atoms with van der Waals surface area (Å²) >= 11 is 0. The van der Waals surface area contributed by atoms with E-state index in [-0.39, 0.29) is 5.95 Å². The molecule has 0 aliphatic heterocycles. The second-order valence-corrected chi connectivity index (χ2v) is 5.88. The summed E-state index contributed by atoms with van der Waals surface area (Å²) in [6.45, 7) is 0. The molecule has 0 radical (unpaired) electrons. The molecule has 0 spiro atoms. The molecule has 5 nitrogen and oxygen atoms in total. The monoisotopic (exact) mass is 339 g/mol. The van der Waals surface area contributed by atoms with Gasteiger partial charge in [-0.3, -0.25) is 9.97 Å². The summed E-state index contributed by atoms with van der Waals surface area (Å²) in [6, 6.07) is 19.9. The van der Waals surface area contributed by atoms with Crippen molar-refractivity contribution in [3.05, 3.63) is 90.4 Å². The van der Waals surface area contributed by atoms with Crippen LogP contribution in [0.25, 0.3) is 22.6 Å². The third-order valence-electron chi connectivity index (χ3n) is 4.09. The minimum Gasteiger partial charge on any atom is -0.368 e. The van der Waals surface area contributed by atoms with Gasteiger partial charge in [0.15, 0.2) is 0 Å². The van der Waals surface area contributed by atoms with Gasteiger partial charge in [-0.2, -0.15) is 0 Å². The van der Waals surface area contributed by atoms with Gasteiger partial charge in [0.05, 0.1) is 17.1 Å². The Morgan fingerprint density at radius 3 is 2.31 bits per heavy atom. The van der Waals surface area contributed by atoms with E-state index in [0.717, 1.165) is 28.2 Å². The Hall–Kier alpha value is -3.60. The Bertz CT molecular complexity index is 942. The van der Waals surface area contributed by atoms with Crippen molar-refractivity contribution in [2.24, 2.45) is 0 Å². The molecule has 4 aromatic rings. The van der Waals surface area contributed by atoms with Gasteiger partial charge in [0.25, 0.3) is 0 Å². The predicted octanol–water partition coefficient (Wildman–Crippen LogP) is 3.77. The van der Waals surface area contributed by atoms with E-state index >= 15 is 0 Å². The number of rotatable bonds is 4. The zero-order valence-electron chi connectivity index (χ0n) is 14.1. The smallest absolute Gasteiger partial charge is 0.221 e. The van der Waals surface area contributed by atoms with E-state index in [0.29, 0.717) is 6.42 Å². The molecule has 1 aromatic carbocycles. The summed E-state index contributed by atoms with van der Waals surface area (Å²) in [5.74, 6) is 0.223.